The van der Waals surface area contributed by atoms with Crippen LogP contribution in [0.3, 0.4) is 0 Å². The van der Waals surface area contributed by atoms with Gasteiger partial charge in [-0.15, -0.1) is 0 Å². The number of rotatable bonds is 6. The minimum atomic E-state index is -0.765. The van der Waals surface area contributed by atoms with E-state index in [-0.39, 0.29) is 18.4 Å². The Bertz CT molecular complexity index is 856. The van der Waals surface area contributed by atoms with Crippen LogP contribution in [0.1, 0.15) is 39.4 Å². The van der Waals surface area contributed by atoms with Crippen molar-refractivity contribution in [3.63, 3.8) is 0 Å². The summed E-state index contributed by atoms with van der Waals surface area (Å²) in [5, 5.41) is 20.1. The fourth-order valence-electron chi connectivity index (χ4n) is 2.53. The van der Waals surface area contributed by atoms with E-state index in [1.165, 1.54) is 6.20 Å². The second kappa shape index (κ2) is 7.27. The topological polar surface area (TPSA) is 106 Å². The number of aryl methyl sites for hydroxylation is 2. The van der Waals surface area contributed by atoms with Gasteiger partial charge in [-0.3, -0.25) is 9.48 Å². The summed E-state index contributed by atoms with van der Waals surface area (Å²) in [4.78, 5) is 16.7. The Morgan fingerprint density at radius 3 is 2.76 bits per heavy atom. The molecule has 1 aromatic carbocycles. The van der Waals surface area contributed by atoms with Crippen LogP contribution in [-0.2, 0) is 13.5 Å². The van der Waals surface area contributed by atoms with Crippen molar-refractivity contribution < 1.29 is 14.4 Å². The number of aliphatic hydroxyl groups excluding tert-OH is 1. The maximum Gasteiger partial charge on any atom is 0.255 e. The third kappa shape index (κ3) is 3.74. The second-order valence-corrected chi connectivity index (χ2v) is 5.68. The number of aliphatic hydroxyl groups is 1. The van der Waals surface area contributed by atoms with Crippen LogP contribution in [0, 0.1) is 6.92 Å². The molecule has 0 aliphatic rings. The molecule has 0 radical (unpaired) electrons. The van der Waals surface area contributed by atoms with Crippen LogP contribution in [-0.4, -0.2) is 37.5 Å². The molecule has 0 saturated carbocycles. The molecule has 1 atom stereocenters. The fraction of sp³-hybridized carbons (Fsp3) is 0.294. The zero-order valence-electron chi connectivity index (χ0n) is 14.0. The van der Waals surface area contributed by atoms with Gasteiger partial charge in [0.05, 0.1) is 24.1 Å². The second-order valence-electron chi connectivity index (χ2n) is 5.68. The minimum absolute atomic E-state index is 0.168. The number of nitrogens with one attached hydrogen (secondary N) is 1. The van der Waals surface area contributed by atoms with E-state index in [4.69, 9.17) is 4.52 Å². The summed E-state index contributed by atoms with van der Waals surface area (Å²) in [5.41, 5.74) is 2.30. The molecule has 0 aliphatic heterocycles. The molecule has 8 heteroatoms. The summed E-state index contributed by atoms with van der Waals surface area (Å²) >= 11 is 0. The first-order chi connectivity index (χ1) is 12.1. The highest BCUT2D eigenvalue weighted by molar-refractivity contribution is 5.95. The van der Waals surface area contributed by atoms with E-state index in [1.54, 1.807) is 18.7 Å². The number of nitrogens with zero attached hydrogens (tertiary/aromatic N) is 4. The lowest BCUT2D eigenvalue weighted by Crippen LogP contribution is -2.31. The third-order valence-electron chi connectivity index (χ3n) is 3.85. The molecule has 1 unspecified atom stereocenters. The minimum Gasteiger partial charge on any atom is -0.394 e. The number of benzene rings is 1. The summed E-state index contributed by atoms with van der Waals surface area (Å²) < 4.78 is 6.70. The quantitative estimate of drug-likeness (QED) is 0.697. The maximum atomic E-state index is 12.7. The van der Waals surface area contributed by atoms with Crippen LogP contribution in [0.5, 0.6) is 0 Å². The van der Waals surface area contributed by atoms with E-state index in [0.717, 1.165) is 11.3 Å². The monoisotopic (exact) mass is 341 g/mol. The van der Waals surface area contributed by atoms with Crippen LogP contribution in [0.15, 0.2) is 41.1 Å². The molecule has 1 amide bonds. The largest absolute Gasteiger partial charge is 0.394 e. The third-order valence-corrected chi connectivity index (χ3v) is 3.85. The van der Waals surface area contributed by atoms with Crippen LogP contribution in [0.2, 0.25) is 0 Å². The first-order valence-corrected chi connectivity index (χ1v) is 7.85. The highest BCUT2D eigenvalue weighted by atomic mass is 16.5. The average molecular weight is 341 g/mol. The Kier molecular flexibility index (Phi) is 4.90. The summed E-state index contributed by atoms with van der Waals surface area (Å²) in [6, 6.07) is 9.06. The van der Waals surface area contributed by atoms with Gasteiger partial charge in [-0.1, -0.05) is 35.5 Å². The molecular weight excluding hydrogens is 322 g/mol. The highest BCUT2D eigenvalue weighted by Gasteiger charge is 2.23. The SMILES string of the molecule is Cc1noc(C(CO)NC(=O)c2cnn(C)c2Cc2ccccc2)n1. The normalized spacial score (nSPS) is 12.1. The van der Waals surface area contributed by atoms with Crippen LogP contribution < -0.4 is 5.32 Å². The lowest BCUT2D eigenvalue weighted by atomic mass is 10.1. The van der Waals surface area contributed by atoms with Crippen molar-refractivity contribution in [1.82, 2.24) is 25.2 Å². The van der Waals surface area contributed by atoms with Gasteiger partial charge in [-0.2, -0.15) is 10.1 Å². The van der Waals surface area contributed by atoms with Crippen molar-refractivity contribution in [2.45, 2.75) is 19.4 Å². The Hall–Kier alpha value is -3.00. The fourth-order valence-corrected chi connectivity index (χ4v) is 2.53. The van der Waals surface area contributed by atoms with Gasteiger partial charge in [0.2, 0.25) is 0 Å². The Morgan fingerprint density at radius 2 is 2.12 bits per heavy atom. The Morgan fingerprint density at radius 1 is 1.36 bits per heavy atom. The number of amides is 1. The predicted octanol–water partition coefficient (Wildman–Crippen LogP) is 1.17. The lowest BCUT2D eigenvalue weighted by Gasteiger charge is -2.12. The van der Waals surface area contributed by atoms with E-state index in [2.05, 4.69) is 20.6 Å². The van der Waals surface area contributed by atoms with Gasteiger partial charge >= 0.3 is 0 Å². The molecule has 2 N–H and O–H groups in total. The standard InChI is InChI=1S/C17H19N5O3/c1-11-19-17(25-21-11)14(10-23)20-16(24)13-9-18-22(2)15(13)8-12-6-4-3-5-7-12/h3-7,9,14,23H,8,10H2,1-2H3,(H,20,24). The van der Waals surface area contributed by atoms with Crippen molar-refractivity contribution in [2.75, 3.05) is 6.61 Å². The van der Waals surface area contributed by atoms with E-state index in [0.29, 0.717) is 17.8 Å². The number of hydrogen-bond donors (Lipinski definition) is 2. The smallest absolute Gasteiger partial charge is 0.255 e. The van der Waals surface area contributed by atoms with Gasteiger partial charge in [-0.05, 0) is 12.5 Å². The molecule has 0 aliphatic carbocycles. The highest BCUT2D eigenvalue weighted by Crippen LogP contribution is 2.16. The van der Waals surface area contributed by atoms with Gasteiger partial charge in [-0.25, -0.2) is 0 Å². The van der Waals surface area contributed by atoms with E-state index in [1.807, 2.05) is 30.3 Å². The van der Waals surface area contributed by atoms with Gasteiger partial charge in [0, 0.05) is 13.5 Å². The van der Waals surface area contributed by atoms with Crippen LogP contribution >= 0.6 is 0 Å². The number of aromatic nitrogens is 4. The number of carbonyl (C=O) groups is 1. The van der Waals surface area contributed by atoms with Gasteiger partial charge in [0.1, 0.15) is 6.04 Å². The van der Waals surface area contributed by atoms with Gasteiger partial charge < -0.3 is 14.9 Å². The molecular formula is C17H19N5O3. The maximum absolute atomic E-state index is 12.7. The zero-order chi connectivity index (χ0) is 17.8. The number of hydrogen-bond acceptors (Lipinski definition) is 6. The van der Waals surface area contributed by atoms with E-state index >= 15 is 0 Å². The van der Waals surface area contributed by atoms with E-state index in [9.17, 15) is 9.90 Å². The Labute approximate surface area is 144 Å². The van der Waals surface area contributed by atoms with Gasteiger partial charge in [0.25, 0.3) is 11.8 Å². The van der Waals surface area contributed by atoms with Crippen molar-refractivity contribution in [3.8, 4) is 0 Å². The van der Waals surface area contributed by atoms with Crippen molar-refractivity contribution in [1.29, 1.82) is 0 Å². The number of carbonyl (C=O) groups excluding carboxylic acids is 1. The molecule has 0 bridgehead atoms. The molecule has 25 heavy (non-hydrogen) atoms. The molecule has 2 aromatic heterocycles. The molecule has 2 heterocycles. The molecule has 0 saturated heterocycles. The summed E-state index contributed by atoms with van der Waals surface area (Å²) in [7, 11) is 1.79. The van der Waals surface area contributed by atoms with E-state index < -0.39 is 6.04 Å². The van der Waals surface area contributed by atoms with Crippen molar-refractivity contribution in [2.24, 2.45) is 7.05 Å². The molecule has 8 nitrogen and oxygen atoms in total. The van der Waals surface area contributed by atoms with Crippen LogP contribution in [0.4, 0.5) is 0 Å². The molecule has 130 valence electrons. The lowest BCUT2D eigenvalue weighted by molar-refractivity contribution is 0.0900. The molecule has 0 spiro atoms. The Balaban J connectivity index is 1.80. The molecule has 0 fully saturated rings. The summed E-state index contributed by atoms with van der Waals surface area (Å²) in [6.45, 7) is 1.32. The van der Waals surface area contributed by atoms with Crippen LogP contribution in [0.25, 0.3) is 0 Å². The zero-order valence-corrected chi connectivity index (χ0v) is 14.0. The first kappa shape index (κ1) is 16.8. The summed E-state index contributed by atoms with van der Waals surface area (Å²) in [5.74, 6) is 0.254. The van der Waals surface area contributed by atoms with Crippen molar-refractivity contribution >= 4 is 5.91 Å². The molecule has 3 rings (SSSR count). The molecule has 3 aromatic rings. The summed E-state index contributed by atoms with van der Waals surface area (Å²) in [6.07, 6.45) is 2.09. The first-order valence-electron chi connectivity index (χ1n) is 7.85. The average Bonchev–Trinajstić information content (AvgIpc) is 3.20. The van der Waals surface area contributed by atoms with Crippen molar-refractivity contribution in [3.05, 3.63) is 65.1 Å². The predicted molar refractivity (Wildman–Crippen MR) is 88.8 cm³/mol. The van der Waals surface area contributed by atoms with Gasteiger partial charge in [0.15, 0.2) is 5.82 Å².